The van der Waals surface area contributed by atoms with E-state index in [-0.39, 0.29) is 34.4 Å². The van der Waals surface area contributed by atoms with Crippen LogP contribution in [0.3, 0.4) is 0 Å². The average Bonchev–Trinajstić information content (AvgIpc) is 2.85. The molecule has 3 aromatic rings. The molecule has 0 saturated heterocycles. The summed E-state index contributed by atoms with van der Waals surface area (Å²) >= 11 is 0. The maximum atomic E-state index is 13.9. The molecule has 8 nitrogen and oxygen atoms in total. The number of fused-ring (bicyclic) bond motifs is 3. The number of aryl methyl sites for hydroxylation is 3. The van der Waals surface area contributed by atoms with Crippen LogP contribution in [0.25, 0.3) is 10.8 Å². The van der Waals surface area contributed by atoms with Gasteiger partial charge >= 0.3 is 0 Å². The van der Waals surface area contributed by atoms with Crippen LogP contribution in [0.2, 0.25) is 0 Å². The van der Waals surface area contributed by atoms with Gasteiger partial charge in [0.15, 0.2) is 11.4 Å². The third-order valence-corrected chi connectivity index (χ3v) is 7.82. The summed E-state index contributed by atoms with van der Waals surface area (Å²) in [4.78, 5) is 31.7. The summed E-state index contributed by atoms with van der Waals surface area (Å²) < 4.78 is 0. The summed E-state index contributed by atoms with van der Waals surface area (Å²) in [6.07, 6.45) is -0.0417. The molecule has 2 aliphatic carbocycles. The lowest BCUT2D eigenvalue weighted by Gasteiger charge is -2.45. The first-order valence-electron chi connectivity index (χ1n) is 12.0. The number of Topliss-reactive ketones (excluding diaryl/α,β-unsaturated/α-hetero) is 2. The number of hydrogen-bond donors (Lipinski definition) is 5. The first kappa shape index (κ1) is 24.7. The molecule has 8 heteroatoms. The number of carbonyl (C=O) groups excluding carboxylic acids is 2. The third-order valence-electron chi connectivity index (χ3n) is 7.82. The summed E-state index contributed by atoms with van der Waals surface area (Å²) in [6.45, 7) is 6.82. The second-order valence-electron chi connectivity index (χ2n) is 10.0. The average molecular weight is 501 g/mol. The summed E-state index contributed by atoms with van der Waals surface area (Å²) in [5, 5.41) is 45.6. The van der Waals surface area contributed by atoms with E-state index in [1.54, 1.807) is 38.1 Å². The van der Waals surface area contributed by atoms with Crippen molar-refractivity contribution < 1.29 is 30.0 Å². The van der Waals surface area contributed by atoms with Gasteiger partial charge in [-0.1, -0.05) is 29.8 Å². The Kier molecular flexibility index (Phi) is 5.51. The zero-order valence-corrected chi connectivity index (χ0v) is 21.0. The van der Waals surface area contributed by atoms with E-state index in [1.807, 2.05) is 19.1 Å². The van der Waals surface area contributed by atoms with Crippen LogP contribution in [-0.4, -0.2) is 49.3 Å². The molecule has 0 aromatic heterocycles. The number of nitrogens with two attached hydrogens (primary N) is 1. The van der Waals surface area contributed by atoms with Crippen LogP contribution in [0.4, 0.5) is 5.69 Å². The number of rotatable bonds is 2. The van der Waals surface area contributed by atoms with Gasteiger partial charge in [0.25, 0.3) is 0 Å². The Labute approximate surface area is 213 Å². The van der Waals surface area contributed by atoms with Crippen LogP contribution >= 0.6 is 0 Å². The van der Waals surface area contributed by atoms with E-state index < -0.39 is 40.6 Å². The maximum absolute atomic E-state index is 13.9. The van der Waals surface area contributed by atoms with Crippen molar-refractivity contribution in [3.05, 3.63) is 75.5 Å². The molecule has 0 heterocycles. The molecule has 5 rings (SSSR count). The van der Waals surface area contributed by atoms with E-state index >= 15 is 0 Å². The van der Waals surface area contributed by atoms with Crippen molar-refractivity contribution in [1.82, 2.24) is 0 Å². The van der Waals surface area contributed by atoms with Gasteiger partial charge in [-0.25, -0.2) is 0 Å². The van der Waals surface area contributed by atoms with E-state index in [9.17, 15) is 30.0 Å². The molecular formula is C29H28N2O6. The van der Waals surface area contributed by atoms with Crippen LogP contribution in [0.15, 0.2) is 52.7 Å². The van der Waals surface area contributed by atoms with Crippen molar-refractivity contribution in [3.63, 3.8) is 0 Å². The Morgan fingerprint density at radius 2 is 1.65 bits per heavy atom. The van der Waals surface area contributed by atoms with Crippen LogP contribution in [-0.2, 0) is 11.2 Å². The van der Waals surface area contributed by atoms with E-state index in [0.717, 1.165) is 5.56 Å². The lowest BCUT2D eigenvalue weighted by Crippen LogP contribution is -2.63. The molecule has 0 aliphatic heterocycles. The zero-order valence-electron chi connectivity index (χ0n) is 21.0. The van der Waals surface area contributed by atoms with Crippen molar-refractivity contribution >= 4 is 33.7 Å². The van der Waals surface area contributed by atoms with Gasteiger partial charge in [0, 0.05) is 5.92 Å². The van der Waals surface area contributed by atoms with Crippen LogP contribution in [0.5, 0.6) is 11.5 Å². The van der Waals surface area contributed by atoms with Gasteiger partial charge in [0.2, 0.25) is 5.78 Å². The summed E-state index contributed by atoms with van der Waals surface area (Å²) in [7, 11) is 0. The Hall–Kier alpha value is -4.01. The molecule has 0 saturated carbocycles. The smallest absolute Gasteiger partial charge is 0.206 e. The number of aliphatic imine (C=N–C) groups is 1. The van der Waals surface area contributed by atoms with Gasteiger partial charge in [0.05, 0.1) is 34.0 Å². The first-order chi connectivity index (χ1) is 17.4. The number of ketones is 2. The number of hydrogen-bond acceptors (Lipinski definition) is 8. The van der Waals surface area contributed by atoms with E-state index in [0.29, 0.717) is 27.8 Å². The number of phenols is 2. The van der Waals surface area contributed by atoms with Crippen LogP contribution in [0.1, 0.15) is 39.5 Å². The van der Waals surface area contributed by atoms with Crippen molar-refractivity contribution in [3.8, 4) is 11.5 Å². The number of aliphatic hydroxyl groups excluding tert-OH is 1. The summed E-state index contributed by atoms with van der Waals surface area (Å²) in [5.74, 6) is -4.28. The Balaban J connectivity index is 1.75. The lowest BCUT2D eigenvalue weighted by atomic mass is 9.61. The molecule has 0 bridgehead atoms. The highest BCUT2D eigenvalue weighted by molar-refractivity contribution is 6.27. The predicted molar refractivity (Wildman–Crippen MR) is 140 cm³/mol. The molecule has 0 fully saturated rings. The molecule has 0 spiro atoms. The summed E-state index contributed by atoms with van der Waals surface area (Å²) in [6, 6.07) is 9.29. The van der Waals surface area contributed by atoms with Crippen molar-refractivity contribution in [2.24, 2.45) is 16.6 Å². The molecule has 3 atom stereocenters. The number of benzene rings is 3. The second-order valence-corrected chi connectivity index (χ2v) is 10.0. The monoisotopic (exact) mass is 500 g/mol. The largest absolute Gasteiger partial charge is 0.508 e. The Morgan fingerprint density at radius 1 is 1.00 bits per heavy atom. The fraction of sp³-hybridized carbons (Fsp3) is 0.276. The first-order valence-corrected chi connectivity index (χ1v) is 12.0. The minimum Gasteiger partial charge on any atom is -0.508 e. The number of aliphatic hydroxyl groups is 2. The standard InChI is InChI=1S/C29H28N2O6/c1-12-5-8-16(9-6-12)31-15(4)20-26(34)23(30)19-11-18-14(3)17-10-7-13(2)24(32)21(17)25(33)22(18)28(36)29(19,37)27(20)35/h5-10,19,23,32-33,35,37H,11,30H2,1-4H3/t19-,23+,29+/m0/s1. The minimum absolute atomic E-state index is 0.0417. The number of nitrogens with zero attached hydrogens (tertiary/aromatic N) is 1. The fourth-order valence-corrected chi connectivity index (χ4v) is 5.64. The number of phenolic OH excluding ortho intramolecular Hbond substituents is 2. The van der Waals surface area contributed by atoms with Crippen molar-refractivity contribution in [2.75, 3.05) is 0 Å². The molecule has 2 aliphatic rings. The van der Waals surface area contributed by atoms with Gasteiger partial charge in [0.1, 0.15) is 17.3 Å². The number of aromatic hydroxyl groups is 2. The molecule has 6 N–H and O–H groups in total. The third kappa shape index (κ3) is 3.33. The van der Waals surface area contributed by atoms with Crippen molar-refractivity contribution in [1.29, 1.82) is 0 Å². The summed E-state index contributed by atoms with van der Waals surface area (Å²) in [5.41, 5.74) is 6.39. The molecule has 0 unspecified atom stereocenters. The molecule has 0 radical (unpaired) electrons. The molecular weight excluding hydrogens is 472 g/mol. The molecule has 190 valence electrons. The van der Waals surface area contributed by atoms with Crippen molar-refractivity contribution in [2.45, 2.75) is 45.8 Å². The van der Waals surface area contributed by atoms with Gasteiger partial charge in [-0.2, -0.15) is 0 Å². The number of carbonyl (C=O) groups is 2. The highest BCUT2D eigenvalue weighted by Gasteiger charge is 2.60. The zero-order chi connectivity index (χ0) is 27.0. The molecule has 0 amide bonds. The van der Waals surface area contributed by atoms with E-state index in [4.69, 9.17) is 5.73 Å². The van der Waals surface area contributed by atoms with Gasteiger partial charge in [-0.05, 0) is 68.3 Å². The van der Waals surface area contributed by atoms with E-state index in [2.05, 4.69) is 4.99 Å². The molecule has 37 heavy (non-hydrogen) atoms. The normalized spacial score (nSPS) is 23.9. The maximum Gasteiger partial charge on any atom is 0.206 e. The highest BCUT2D eigenvalue weighted by atomic mass is 16.3. The van der Waals surface area contributed by atoms with Gasteiger partial charge in [-0.15, -0.1) is 0 Å². The fourth-order valence-electron chi connectivity index (χ4n) is 5.64. The predicted octanol–water partition coefficient (Wildman–Crippen LogP) is 3.78. The minimum atomic E-state index is -2.56. The quantitative estimate of drug-likeness (QED) is 0.336. The van der Waals surface area contributed by atoms with E-state index in [1.165, 1.54) is 6.92 Å². The molecule has 3 aromatic carbocycles. The Morgan fingerprint density at radius 3 is 2.30 bits per heavy atom. The van der Waals surface area contributed by atoms with Crippen LogP contribution in [0, 0.1) is 26.7 Å². The van der Waals surface area contributed by atoms with Gasteiger partial charge in [-0.3, -0.25) is 14.6 Å². The van der Waals surface area contributed by atoms with Crippen LogP contribution < -0.4 is 5.73 Å². The lowest BCUT2D eigenvalue weighted by molar-refractivity contribution is -0.122. The SMILES string of the molecule is CC(=Nc1ccc(C)cc1)C1=C(O)[C@@]2(O)C(=O)c3c(c(C)c4ccc(C)c(O)c4c3O)C[C@H]2[C@@H](N)C1=O. The van der Waals surface area contributed by atoms with Gasteiger partial charge < -0.3 is 26.2 Å². The highest BCUT2D eigenvalue weighted by Crippen LogP contribution is 2.50. The Bertz CT molecular complexity index is 1580. The second kappa shape index (κ2) is 8.26. The topological polar surface area (TPSA) is 153 Å².